The number of rotatable bonds is 8. The lowest BCUT2D eigenvalue weighted by atomic mass is 10.1. The van der Waals surface area contributed by atoms with Crippen LogP contribution in [0.3, 0.4) is 0 Å². The first kappa shape index (κ1) is 16.1. The summed E-state index contributed by atoms with van der Waals surface area (Å²) < 4.78 is 28.4. The minimum absolute atomic E-state index is 0.0563. The van der Waals surface area contributed by atoms with Crippen molar-refractivity contribution in [2.45, 2.75) is 56.2 Å². The summed E-state index contributed by atoms with van der Waals surface area (Å²) in [4.78, 5) is 0. The molecule has 0 aliphatic heterocycles. The van der Waals surface area contributed by atoms with Gasteiger partial charge >= 0.3 is 0 Å². The van der Waals surface area contributed by atoms with Gasteiger partial charge in [-0.2, -0.15) is 0 Å². The maximum absolute atomic E-state index is 12.2. The van der Waals surface area contributed by atoms with Crippen molar-refractivity contribution in [3.05, 3.63) is 15.9 Å². The van der Waals surface area contributed by atoms with E-state index in [-0.39, 0.29) is 6.04 Å². The number of hydrogen-bond acceptors (Lipinski definition) is 3. The van der Waals surface area contributed by atoms with E-state index < -0.39 is 10.0 Å². The first-order valence-corrected chi connectivity index (χ1v) is 9.36. The van der Waals surface area contributed by atoms with Gasteiger partial charge in [-0.25, -0.2) is 13.1 Å². The van der Waals surface area contributed by atoms with Crippen LogP contribution in [-0.2, 0) is 10.0 Å². The van der Waals surface area contributed by atoms with Crippen LogP contribution < -0.4 is 4.72 Å². The normalized spacial score (nSPS) is 13.7. The average Bonchev–Trinajstić information content (AvgIpc) is 2.73. The Balaban J connectivity index is 2.72. The third-order valence-corrected chi connectivity index (χ3v) is 6.31. The Kier molecular flexibility index (Phi) is 6.84. The molecule has 0 amide bonds. The molecule has 3 nitrogen and oxygen atoms in total. The van der Waals surface area contributed by atoms with Gasteiger partial charge in [-0.05, 0) is 40.9 Å². The van der Waals surface area contributed by atoms with Crippen molar-refractivity contribution < 1.29 is 8.42 Å². The smallest absolute Gasteiger partial charge is 0.207 e. The molecule has 0 fully saturated rings. The van der Waals surface area contributed by atoms with Gasteiger partial charge in [-0.3, -0.25) is 0 Å². The van der Waals surface area contributed by atoms with E-state index in [0.29, 0.717) is 4.21 Å². The monoisotopic (exact) mass is 353 g/mol. The van der Waals surface area contributed by atoms with Crippen LogP contribution >= 0.6 is 27.3 Å². The van der Waals surface area contributed by atoms with Gasteiger partial charge in [0.15, 0.2) is 0 Å². The van der Waals surface area contributed by atoms with Crippen molar-refractivity contribution >= 4 is 37.3 Å². The minimum atomic E-state index is -3.35. The molecule has 0 bridgehead atoms. The molecule has 1 aromatic rings. The van der Waals surface area contributed by atoms with Gasteiger partial charge in [0.2, 0.25) is 10.0 Å². The van der Waals surface area contributed by atoms with Crippen molar-refractivity contribution in [1.29, 1.82) is 0 Å². The fraction of sp³-hybridized carbons (Fsp3) is 0.667. The highest BCUT2D eigenvalue weighted by molar-refractivity contribution is 9.11. The minimum Gasteiger partial charge on any atom is -0.207 e. The van der Waals surface area contributed by atoms with E-state index in [0.717, 1.165) is 35.9 Å². The molecule has 1 rings (SSSR count). The zero-order valence-electron chi connectivity index (χ0n) is 10.8. The summed E-state index contributed by atoms with van der Waals surface area (Å²) in [6, 6.07) is 3.46. The Morgan fingerprint density at radius 3 is 2.50 bits per heavy atom. The predicted molar refractivity (Wildman–Crippen MR) is 80.6 cm³/mol. The molecule has 0 saturated carbocycles. The molecule has 0 saturated heterocycles. The topological polar surface area (TPSA) is 46.2 Å². The number of sulfonamides is 1. The Morgan fingerprint density at radius 1 is 1.28 bits per heavy atom. The summed E-state index contributed by atoms with van der Waals surface area (Å²) in [5.41, 5.74) is 0. The molecule has 1 aromatic heterocycles. The summed E-state index contributed by atoms with van der Waals surface area (Å²) in [6.45, 7) is 4.20. The molecule has 0 aromatic carbocycles. The standard InChI is InChI=1S/C12H20BrNO2S2/c1-3-5-7-10(6-4-2)14-18(15,16)12-9-8-11(13)17-12/h8-10,14H,3-7H2,1-2H3. The lowest BCUT2D eigenvalue weighted by molar-refractivity contribution is 0.484. The van der Waals surface area contributed by atoms with Gasteiger partial charge in [-0.1, -0.05) is 33.1 Å². The first-order valence-electron chi connectivity index (χ1n) is 6.27. The second kappa shape index (κ2) is 7.62. The van der Waals surface area contributed by atoms with Crippen molar-refractivity contribution in [1.82, 2.24) is 4.72 Å². The molecular weight excluding hydrogens is 334 g/mol. The number of thiophene rings is 1. The first-order chi connectivity index (χ1) is 8.49. The summed E-state index contributed by atoms with van der Waals surface area (Å²) in [7, 11) is -3.35. The molecule has 1 atom stereocenters. The lowest BCUT2D eigenvalue weighted by Gasteiger charge is -2.17. The van der Waals surface area contributed by atoms with Gasteiger partial charge in [0.25, 0.3) is 0 Å². The van der Waals surface area contributed by atoms with Crippen molar-refractivity contribution in [2.75, 3.05) is 0 Å². The predicted octanol–water partition coefficient (Wildman–Crippen LogP) is 4.15. The van der Waals surface area contributed by atoms with E-state index in [1.807, 2.05) is 0 Å². The van der Waals surface area contributed by atoms with Gasteiger partial charge in [0.05, 0.1) is 3.79 Å². The van der Waals surface area contributed by atoms with Gasteiger partial charge in [0, 0.05) is 6.04 Å². The Labute approximate surface area is 122 Å². The van der Waals surface area contributed by atoms with E-state index in [2.05, 4.69) is 34.5 Å². The third kappa shape index (κ3) is 4.99. The summed E-state index contributed by atoms with van der Waals surface area (Å²) in [5.74, 6) is 0. The van der Waals surface area contributed by atoms with E-state index >= 15 is 0 Å². The van der Waals surface area contributed by atoms with Gasteiger partial charge in [0.1, 0.15) is 4.21 Å². The average molecular weight is 354 g/mol. The molecule has 0 spiro atoms. The third-order valence-electron chi connectivity index (χ3n) is 2.68. The molecular formula is C12H20BrNO2S2. The zero-order chi connectivity index (χ0) is 13.6. The Morgan fingerprint density at radius 2 is 2.00 bits per heavy atom. The highest BCUT2D eigenvalue weighted by atomic mass is 79.9. The van der Waals surface area contributed by atoms with Gasteiger partial charge < -0.3 is 0 Å². The van der Waals surface area contributed by atoms with Crippen molar-refractivity contribution in [3.63, 3.8) is 0 Å². The van der Waals surface area contributed by atoms with Crippen LogP contribution in [0.25, 0.3) is 0 Å². The molecule has 1 N–H and O–H groups in total. The fourth-order valence-electron chi connectivity index (χ4n) is 1.78. The van der Waals surface area contributed by atoms with E-state index in [4.69, 9.17) is 0 Å². The van der Waals surface area contributed by atoms with Crippen LogP contribution in [0.2, 0.25) is 0 Å². The second-order valence-electron chi connectivity index (χ2n) is 4.31. The highest BCUT2D eigenvalue weighted by Gasteiger charge is 2.20. The molecule has 0 radical (unpaired) electrons. The van der Waals surface area contributed by atoms with Crippen LogP contribution in [-0.4, -0.2) is 14.5 Å². The maximum atomic E-state index is 12.2. The number of halogens is 1. The van der Waals surface area contributed by atoms with Crippen LogP contribution in [0.15, 0.2) is 20.1 Å². The number of nitrogens with one attached hydrogen (secondary N) is 1. The Bertz CT molecular complexity index is 456. The van der Waals surface area contributed by atoms with Crippen LogP contribution in [0.4, 0.5) is 0 Å². The van der Waals surface area contributed by atoms with Crippen LogP contribution in [0.5, 0.6) is 0 Å². The quantitative estimate of drug-likeness (QED) is 0.762. The lowest BCUT2D eigenvalue weighted by Crippen LogP contribution is -2.34. The van der Waals surface area contributed by atoms with Crippen LogP contribution in [0.1, 0.15) is 46.0 Å². The number of hydrogen-bond donors (Lipinski definition) is 1. The summed E-state index contributed by atoms with van der Waals surface area (Å²) in [6.07, 6.45) is 4.95. The van der Waals surface area contributed by atoms with Crippen LogP contribution in [0, 0.1) is 0 Å². The summed E-state index contributed by atoms with van der Waals surface area (Å²) >= 11 is 4.53. The second-order valence-corrected chi connectivity index (χ2v) is 8.71. The Hall–Kier alpha value is 0.0900. The maximum Gasteiger partial charge on any atom is 0.250 e. The van der Waals surface area contributed by atoms with E-state index in [9.17, 15) is 8.42 Å². The number of unbranched alkanes of at least 4 members (excludes halogenated alkanes) is 1. The van der Waals surface area contributed by atoms with Gasteiger partial charge in [-0.15, -0.1) is 11.3 Å². The SMILES string of the molecule is CCCCC(CCC)NS(=O)(=O)c1ccc(Br)s1. The largest absolute Gasteiger partial charge is 0.250 e. The molecule has 0 aliphatic rings. The fourth-order valence-corrected chi connectivity index (χ4v) is 5.11. The zero-order valence-corrected chi connectivity index (χ0v) is 14.0. The molecule has 104 valence electrons. The molecule has 6 heteroatoms. The molecule has 18 heavy (non-hydrogen) atoms. The van der Waals surface area contributed by atoms with Crippen molar-refractivity contribution in [2.24, 2.45) is 0 Å². The summed E-state index contributed by atoms with van der Waals surface area (Å²) in [5, 5.41) is 0. The van der Waals surface area contributed by atoms with E-state index in [1.165, 1.54) is 11.3 Å². The van der Waals surface area contributed by atoms with Crippen molar-refractivity contribution in [3.8, 4) is 0 Å². The van der Waals surface area contributed by atoms with E-state index in [1.54, 1.807) is 12.1 Å². The molecule has 1 heterocycles. The molecule has 0 aliphatic carbocycles. The highest BCUT2D eigenvalue weighted by Crippen LogP contribution is 2.26. The molecule has 1 unspecified atom stereocenters.